The van der Waals surface area contributed by atoms with Gasteiger partial charge in [-0.2, -0.15) is 0 Å². The van der Waals surface area contributed by atoms with Gasteiger partial charge in [-0.05, 0) is 180 Å². The lowest BCUT2D eigenvalue weighted by Gasteiger charge is -2.24. The molecule has 0 fully saturated rings. The lowest BCUT2D eigenvalue weighted by molar-refractivity contribution is 0.661. The van der Waals surface area contributed by atoms with E-state index in [-0.39, 0.29) is 5.41 Å². The van der Waals surface area contributed by atoms with Crippen molar-refractivity contribution in [3.05, 3.63) is 252 Å². The summed E-state index contributed by atoms with van der Waals surface area (Å²) in [5.41, 5.74) is 27.6. The first-order valence-corrected chi connectivity index (χ1v) is 29.8. The first kappa shape index (κ1) is 39.6. The van der Waals surface area contributed by atoms with Crippen molar-refractivity contribution in [1.29, 1.82) is 0 Å². The van der Waals surface area contributed by atoms with Crippen LogP contribution in [0, 0.1) is 0 Å². The smallest absolute Gasteiger partial charge is 0.0623 e. The fourth-order valence-corrected chi connectivity index (χ4v) is 25.0. The van der Waals surface area contributed by atoms with E-state index in [0.29, 0.717) is 0 Å². The zero-order chi connectivity index (χ0) is 45.6. The molecule has 0 atom stereocenters. The Morgan fingerprint density at radius 3 is 0.928 bits per heavy atom. The van der Waals surface area contributed by atoms with E-state index >= 15 is 0 Å². The highest BCUT2D eigenvalue weighted by atomic mass is 28.3. The van der Waals surface area contributed by atoms with E-state index in [2.05, 4.69) is 232 Å². The molecule has 10 aromatic rings. The van der Waals surface area contributed by atoms with E-state index in [9.17, 15) is 0 Å². The molecule has 0 saturated carbocycles. The molecule has 0 nitrogen and oxygen atoms in total. The van der Waals surface area contributed by atoms with Crippen LogP contribution in [0.15, 0.2) is 218 Å². The molecule has 10 aromatic carbocycles. The van der Waals surface area contributed by atoms with Gasteiger partial charge in [0.2, 0.25) is 0 Å². The molecule has 2 spiro atoms. The molecule has 0 bridgehead atoms. The largest absolute Gasteiger partial charge is 0.128 e. The van der Waals surface area contributed by atoms with E-state index in [1.54, 1.807) is 43.0 Å². The summed E-state index contributed by atoms with van der Waals surface area (Å²) in [6.07, 6.45) is 0. The van der Waals surface area contributed by atoms with Gasteiger partial charge >= 0.3 is 0 Å². The Morgan fingerprint density at radius 1 is 0.261 bits per heavy atom. The molecule has 2 heteroatoms. The number of rotatable bonds is 4. The van der Waals surface area contributed by atoms with Crippen LogP contribution in [-0.4, -0.2) is 16.1 Å². The monoisotopic (exact) mass is 910 g/mol. The zero-order valence-electron chi connectivity index (χ0n) is 39.1. The van der Waals surface area contributed by atoms with Gasteiger partial charge in [0.1, 0.15) is 16.1 Å². The number of hydrogen-bond donors (Lipinski definition) is 0. The van der Waals surface area contributed by atoms with Crippen molar-refractivity contribution in [2.45, 2.75) is 43.4 Å². The number of benzene rings is 10. The van der Waals surface area contributed by atoms with E-state index in [1.165, 1.54) is 113 Å². The Morgan fingerprint density at radius 2 is 0.551 bits per heavy atom. The Balaban J connectivity index is 0.694. The molecular weight excluding hydrogens is 861 g/mol. The average Bonchev–Trinajstić information content (AvgIpc) is 4.18. The van der Waals surface area contributed by atoms with E-state index in [1.807, 2.05) is 0 Å². The summed E-state index contributed by atoms with van der Waals surface area (Å²) < 4.78 is 0. The van der Waals surface area contributed by atoms with Gasteiger partial charge in [0.15, 0.2) is 0 Å². The van der Waals surface area contributed by atoms with Crippen LogP contribution in [0.2, 0.25) is 0 Å². The maximum Gasteiger partial charge on any atom is 0.128 e. The average molecular weight is 911 g/mol. The van der Waals surface area contributed by atoms with Gasteiger partial charge in [0.25, 0.3) is 0 Å². The van der Waals surface area contributed by atoms with Gasteiger partial charge in [-0.25, -0.2) is 0 Å². The Bertz CT molecular complexity index is 3510. The third-order valence-corrected chi connectivity index (χ3v) is 27.3. The van der Waals surface area contributed by atoms with Gasteiger partial charge in [-0.1, -0.05) is 208 Å². The Kier molecular flexibility index (Phi) is 8.23. The highest BCUT2D eigenvalue weighted by Crippen LogP contribution is 2.51. The molecule has 0 radical (unpaired) electrons. The van der Waals surface area contributed by atoms with Gasteiger partial charge < -0.3 is 0 Å². The zero-order valence-corrected chi connectivity index (χ0v) is 41.1. The second-order valence-corrected chi connectivity index (χ2v) is 29.2. The van der Waals surface area contributed by atoms with E-state index in [0.717, 1.165) is 0 Å². The van der Waals surface area contributed by atoms with Gasteiger partial charge in [0, 0.05) is 5.41 Å². The van der Waals surface area contributed by atoms with Crippen molar-refractivity contribution >= 4 is 36.9 Å². The summed E-state index contributed by atoms with van der Waals surface area (Å²) in [4.78, 5) is 0. The topological polar surface area (TPSA) is 0 Å². The summed E-state index contributed by atoms with van der Waals surface area (Å²) in [6, 6.07) is 89.5. The summed E-state index contributed by atoms with van der Waals surface area (Å²) in [5, 5.41) is 6.49. The van der Waals surface area contributed by atoms with Crippen molar-refractivity contribution in [3.63, 3.8) is 0 Å². The molecule has 69 heavy (non-hydrogen) atoms. The van der Waals surface area contributed by atoms with Gasteiger partial charge in [-0.15, -0.1) is 0 Å². The SMILES string of the molecule is CC1(C)c2cc(-c3ccc(-c4ccc5c(c4)-c4ccccc4[Si]54Cc5ccccc5C4)cc3)ccc2-c2ccc(-c3ccc(-c4ccc5c(c4)-c4ccccc4[Si]54Cc5ccccc5C4)cc3)cc21. The lowest BCUT2D eigenvalue weighted by Crippen LogP contribution is -2.57. The predicted octanol–water partition coefficient (Wildman–Crippen LogP) is 13.5. The Labute approximate surface area is 407 Å². The minimum atomic E-state index is -1.89. The first-order valence-electron chi connectivity index (χ1n) is 25.0. The van der Waals surface area contributed by atoms with Crippen LogP contribution in [0.1, 0.15) is 47.2 Å². The summed E-state index contributed by atoms with van der Waals surface area (Å²) >= 11 is 0. The van der Waals surface area contributed by atoms with Crippen LogP contribution in [0.3, 0.4) is 0 Å². The van der Waals surface area contributed by atoms with Crippen LogP contribution < -0.4 is 20.7 Å². The van der Waals surface area contributed by atoms with E-state index in [4.69, 9.17) is 0 Å². The molecule has 4 aliphatic heterocycles. The minimum Gasteiger partial charge on any atom is -0.0623 e. The van der Waals surface area contributed by atoms with Crippen molar-refractivity contribution in [1.82, 2.24) is 0 Å². The highest BCUT2D eigenvalue weighted by Gasteiger charge is 2.50. The molecule has 0 aromatic heterocycles. The third kappa shape index (κ3) is 5.62. The van der Waals surface area contributed by atoms with Crippen molar-refractivity contribution in [2.75, 3.05) is 0 Å². The molecule has 0 unspecified atom stereocenters. The van der Waals surface area contributed by atoms with Crippen LogP contribution >= 0.6 is 0 Å². The molecular formula is C67H50Si2. The predicted molar refractivity (Wildman–Crippen MR) is 294 cm³/mol. The Hall–Kier alpha value is -7.37. The van der Waals surface area contributed by atoms with E-state index < -0.39 is 16.1 Å². The number of fused-ring (bicyclic) bond motifs is 15. The maximum absolute atomic E-state index is 2.50. The number of hydrogen-bond acceptors (Lipinski definition) is 0. The quantitative estimate of drug-likeness (QED) is 0.154. The lowest BCUT2D eigenvalue weighted by atomic mass is 9.80. The maximum atomic E-state index is 2.50. The molecule has 15 rings (SSSR count). The standard InChI is InChI=1S/C67H50Si2/c1-67(2)61-37-49(45-23-19-43(20-24-45)47-29-33-65-59(35-47)57-15-7-9-17-63(57)68(65)39-51-11-3-4-12-52(51)40-68)27-31-55(61)56-32-28-50(38-62(56)67)46-25-21-44(22-26-46)48-30-34-66-60(36-48)58-16-8-10-18-64(58)69(66)41-53-13-5-6-14-54(53)42-69/h3-38H,39-42H2,1-2H3. The second kappa shape index (κ2) is 14.3. The van der Waals surface area contributed by atoms with Crippen molar-refractivity contribution < 1.29 is 0 Å². The van der Waals surface area contributed by atoms with Crippen LogP contribution in [-0.2, 0) is 29.6 Å². The van der Waals surface area contributed by atoms with Crippen molar-refractivity contribution in [3.8, 4) is 77.9 Å². The fourth-order valence-electron chi connectivity index (χ4n) is 14.1. The molecule has 326 valence electrons. The van der Waals surface area contributed by atoms with Crippen LogP contribution in [0.5, 0.6) is 0 Å². The normalized spacial score (nSPS) is 16.1. The summed E-state index contributed by atoms with van der Waals surface area (Å²) in [5.74, 6) is 0. The minimum absolute atomic E-state index is 0.124. The molecule has 5 aliphatic rings. The summed E-state index contributed by atoms with van der Waals surface area (Å²) in [7, 11) is -3.78. The van der Waals surface area contributed by atoms with Crippen molar-refractivity contribution in [2.24, 2.45) is 0 Å². The molecule has 0 N–H and O–H groups in total. The van der Waals surface area contributed by atoms with Crippen LogP contribution in [0.25, 0.3) is 77.9 Å². The third-order valence-electron chi connectivity index (χ3n) is 17.5. The fraction of sp³-hybridized carbons (Fsp3) is 0.104. The highest BCUT2D eigenvalue weighted by molar-refractivity contribution is 7.06. The van der Waals surface area contributed by atoms with Gasteiger partial charge in [0.05, 0.1) is 0 Å². The molecule has 4 heterocycles. The van der Waals surface area contributed by atoms with Crippen LogP contribution in [0.4, 0.5) is 0 Å². The first-order chi connectivity index (χ1) is 33.8. The van der Waals surface area contributed by atoms with Gasteiger partial charge in [-0.3, -0.25) is 0 Å². The molecule has 1 aliphatic carbocycles. The molecule has 0 amide bonds. The summed E-state index contributed by atoms with van der Waals surface area (Å²) in [6.45, 7) is 4.81. The second-order valence-electron chi connectivity index (χ2n) is 21.3. The molecule has 0 saturated heterocycles.